The summed E-state index contributed by atoms with van der Waals surface area (Å²) in [6.45, 7) is 2.58. The predicted molar refractivity (Wildman–Crippen MR) is 159 cm³/mol. The van der Waals surface area contributed by atoms with Gasteiger partial charge in [0, 0.05) is 30.8 Å². The molecule has 0 aliphatic heterocycles. The van der Waals surface area contributed by atoms with Crippen molar-refractivity contribution < 1.29 is 27.1 Å². The van der Waals surface area contributed by atoms with E-state index in [1.165, 1.54) is 13.2 Å². The van der Waals surface area contributed by atoms with E-state index in [2.05, 4.69) is 9.46 Å². The van der Waals surface area contributed by atoms with Gasteiger partial charge >= 0.3 is 5.97 Å². The van der Waals surface area contributed by atoms with E-state index >= 15 is 0 Å². The van der Waals surface area contributed by atoms with E-state index in [0.717, 1.165) is 28.6 Å². The number of carbonyl (C=O) groups is 1. The van der Waals surface area contributed by atoms with E-state index < -0.39 is 10.0 Å². The molecule has 214 valence electrons. The number of hydrogen-bond donors (Lipinski definition) is 1. The molecule has 0 bridgehead atoms. The first-order chi connectivity index (χ1) is 19.6. The Morgan fingerprint density at radius 2 is 1.49 bits per heavy atom. The number of anilines is 2. The summed E-state index contributed by atoms with van der Waals surface area (Å²) in [5, 5.41) is 0. The number of hydrogen-bond acceptors (Lipinski definition) is 6. The number of carbonyl (C=O) groups excluding carboxylic acids is 1. The zero-order valence-corrected chi connectivity index (χ0v) is 24.1. The van der Waals surface area contributed by atoms with Gasteiger partial charge in [0.15, 0.2) is 0 Å². The first kappa shape index (κ1) is 29.6. The van der Waals surface area contributed by atoms with Crippen molar-refractivity contribution >= 4 is 27.4 Å². The van der Waals surface area contributed by atoms with Crippen LogP contribution in [0.3, 0.4) is 0 Å². The van der Waals surface area contributed by atoms with Crippen molar-refractivity contribution in [2.45, 2.75) is 32.9 Å². The molecule has 0 aliphatic carbocycles. The monoisotopic (exact) mass is 576 g/mol. The van der Waals surface area contributed by atoms with Crippen LogP contribution in [0.15, 0.2) is 91.0 Å². The average molecular weight is 577 g/mol. The van der Waals surface area contributed by atoms with Crippen molar-refractivity contribution in [2.24, 2.45) is 0 Å². The van der Waals surface area contributed by atoms with Gasteiger partial charge in [-0.25, -0.2) is 12.8 Å². The molecule has 9 heteroatoms. The molecule has 0 saturated heterocycles. The second-order valence-corrected chi connectivity index (χ2v) is 11.5. The van der Waals surface area contributed by atoms with Gasteiger partial charge < -0.3 is 14.4 Å². The average Bonchev–Trinajstić information content (AvgIpc) is 2.95. The lowest BCUT2D eigenvalue weighted by Crippen LogP contribution is -2.24. The lowest BCUT2D eigenvalue weighted by atomic mass is 10.1. The third-order valence-electron chi connectivity index (χ3n) is 6.56. The Hall–Kier alpha value is -4.37. The highest BCUT2D eigenvalue weighted by molar-refractivity contribution is 7.92. The topological polar surface area (TPSA) is 84.9 Å². The van der Waals surface area contributed by atoms with Gasteiger partial charge in [0.2, 0.25) is 10.0 Å². The van der Waals surface area contributed by atoms with Gasteiger partial charge in [0.25, 0.3) is 0 Å². The van der Waals surface area contributed by atoms with Crippen molar-refractivity contribution in [3.8, 4) is 11.5 Å². The van der Waals surface area contributed by atoms with Gasteiger partial charge in [-0.05, 0) is 72.5 Å². The summed E-state index contributed by atoms with van der Waals surface area (Å²) < 4.78 is 51.7. The first-order valence-corrected chi connectivity index (χ1v) is 15.0. The van der Waals surface area contributed by atoms with E-state index in [9.17, 15) is 17.6 Å². The van der Waals surface area contributed by atoms with Gasteiger partial charge in [-0.2, -0.15) is 0 Å². The van der Waals surface area contributed by atoms with Crippen LogP contribution >= 0.6 is 0 Å². The number of nitrogens with one attached hydrogen (secondary N) is 1. The molecule has 0 aromatic heterocycles. The minimum absolute atomic E-state index is 0.244. The van der Waals surface area contributed by atoms with E-state index in [1.54, 1.807) is 30.3 Å². The SMILES string of the molecule is COC(=O)CCc1ccc(Oc2ccc(CN(Cc3ccccc3F)c3cccc(NS(C)(=O)=O)c3C)cc2)cc1. The van der Waals surface area contributed by atoms with Crippen molar-refractivity contribution in [2.75, 3.05) is 23.0 Å². The van der Waals surface area contributed by atoms with Crippen molar-refractivity contribution in [1.29, 1.82) is 0 Å². The molecule has 4 rings (SSSR count). The Morgan fingerprint density at radius 3 is 2.10 bits per heavy atom. The van der Waals surface area contributed by atoms with Crippen LogP contribution in [-0.4, -0.2) is 27.8 Å². The van der Waals surface area contributed by atoms with Crippen molar-refractivity contribution in [1.82, 2.24) is 0 Å². The quantitative estimate of drug-likeness (QED) is 0.191. The van der Waals surface area contributed by atoms with Gasteiger partial charge in [-0.3, -0.25) is 9.52 Å². The van der Waals surface area contributed by atoms with Crippen LogP contribution in [0, 0.1) is 12.7 Å². The molecule has 4 aromatic carbocycles. The number of benzene rings is 4. The van der Waals surface area contributed by atoms with E-state index in [1.807, 2.05) is 66.4 Å². The number of halogens is 1. The molecule has 0 amide bonds. The zero-order chi connectivity index (χ0) is 29.4. The summed E-state index contributed by atoms with van der Waals surface area (Å²) in [5.74, 6) is 0.783. The Labute approximate surface area is 240 Å². The van der Waals surface area contributed by atoms with E-state index in [4.69, 9.17) is 4.74 Å². The van der Waals surface area contributed by atoms with Crippen LogP contribution in [0.1, 0.15) is 28.7 Å². The van der Waals surface area contributed by atoms with Gasteiger partial charge in [-0.15, -0.1) is 0 Å². The Morgan fingerprint density at radius 1 is 0.854 bits per heavy atom. The molecule has 7 nitrogen and oxygen atoms in total. The van der Waals surface area contributed by atoms with Crippen LogP contribution in [0.4, 0.5) is 15.8 Å². The summed E-state index contributed by atoms with van der Waals surface area (Å²) in [5.41, 5.74) is 4.51. The zero-order valence-electron chi connectivity index (χ0n) is 23.3. The van der Waals surface area contributed by atoms with Crippen molar-refractivity contribution in [3.63, 3.8) is 0 Å². The molecule has 0 saturated carbocycles. The number of esters is 1. The standard InChI is InChI=1S/C32H33FN2O5S/c1-23-30(34-41(3,37)38)9-6-10-31(23)35(22-26-7-4-5-8-29(26)33)21-25-13-18-28(19-14-25)40-27-16-11-24(12-17-27)15-20-32(36)39-2/h4-14,16-19,34H,15,20-22H2,1-3H3. The fraction of sp³-hybridized carbons (Fsp3) is 0.219. The number of nitrogens with zero attached hydrogens (tertiary/aromatic N) is 1. The number of sulfonamides is 1. The van der Waals surface area contributed by atoms with E-state index in [0.29, 0.717) is 42.1 Å². The molecule has 0 spiro atoms. The highest BCUT2D eigenvalue weighted by atomic mass is 32.2. The fourth-order valence-electron chi connectivity index (χ4n) is 4.43. The molecule has 0 aliphatic rings. The molecular formula is C32H33FN2O5S. The number of ether oxygens (including phenoxy) is 2. The molecular weight excluding hydrogens is 543 g/mol. The summed E-state index contributed by atoms with van der Waals surface area (Å²) >= 11 is 0. The highest BCUT2D eigenvalue weighted by Gasteiger charge is 2.16. The Bertz CT molecular complexity index is 1590. The lowest BCUT2D eigenvalue weighted by molar-refractivity contribution is -0.140. The predicted octanol–water partition coefficient (Wildman–Crippen LogP) is 6.61. The second-order valence-electron chi connectivity index (χ2n) is 9.74. The van der Waals surface area contributed by atoms with Gasteiger partial charge in [0.05, 0.1) is 19.1 Å². The lowest BCUT2D eigenvalue weighted by Gasteiger charge is -2.28. The molecule has 0 atom stereocenters. The molecule has 0 fully saturated rings. The molecule has 1 N–H and O–H groups in total. The maximum absolute atomic E-state index is 14.6. The van der Waals surface area contributed by atoms with E-state index in [-0.39, 0.29) is 18.3 Å². The maximum Gasteiger partial charge on any atom is 0.305 e. The normalized spacial score (nSPS) is 11.1. The number of rotatable bonds is 12. The number of methoxy groups -OCH3 is 1. The minimum Gasteiger partial charge on any atom is -0.469 e. The summed E-state index contributed by atoms with van der Waals surface area (Å²) in [4.78, 5) is 13.4. The fourth-order valence-corrected chi connectivity index (χ4v) is 5.05. The van der Waals surface area contributed by atoms with Crippen LogP contribution in [0.2, 0.25) is 0 Å². The molecule has 4 aromatic rings. The smallest absolute Gasteiger partial charge is 0.305 e. The minimum atomic E-state index is -3.47. The highest BCUT2D eigenvalue weighted by Crippen LogP contribution is 2.31. The second kappa shape index (κ2) is 13.3. The largest absolute Gasteiger partial charge is 0.469 e. The maximum atomic E-state index is 14.6. The van der Waals surface area contributed by atoms with Gasteiger partial charge in [-0.1, -0.05) is 48.5 Å². The molecule has 0 heterocycles. The van der Waals surface area contributed by atoms with Crippen molar-refractivity contribution in [3.05, 3.63) is 119 Å². The third kappa shape index (κ3) is 8.56. The molecule has 41 heavy (non-hydrogen) atoms. The molecule has 0 unspecified atom stereocenters. The van der Waals surface area contributed by atoms with Crippen LogP contribution in [0.25, 0.3) is 0 Å². The van der Waals surface area contributed by atoms with Gasteiger partial charge in [0.1, 0.15) is 17.3 Å². The van der Waals surface area contributed by atoms with Crippen LogP contribution in [0.5, 0.6) is 11.5 Å². The first-order valence-electron chi connectivity index (χ1n) is 13.1. The Kier molecular flexibility index (Phi) is 9.62. The number of aryl methyl sites for hydroxylation is 1. The Balaban J connectivity index is 1.52. The van der Waals surface area contributed by atoms with Crippen LogP contribution in [-0.2, 0) is 39.1 Å². The van der Waals surface area contributed by atoms with Crippen LogP contribution < -0.4 is 14.4 Å². The summed E-state index contributed by atoms with van der Waals surface area (Å²) in [6, 6.07) is 27.2. The third-order valence-corrected chi connectivity index (χ3v) is 7.15. The summed E-state index contributed by atoms with van der Waals surface area (Å²) in [7, 11) is -2.09. The molecule has 0 radical (unpaired) electrons. The summed E-state index contributed by atoms with van der Waals surface area (Å²) in [6.07, 6.45) is 2.03.